The van der Waals surface area contributed by atoms with Gasteiger partial charge in [-0.25, -0.2) is 0 Å². The molecule has 0 unspecified atom stereocenters. The lowest BCUT2D eigenvalue weighted by atomic mass is 10.8. The van der Waals surface area contributed by atoms with Crippen molar-refractivity contribution in [1.82, 2.24) is 0 Å². The van der Waals surface area contributed by atoms with Crippen LogP contribution in [-0.2, 0) is 0 Å². The highest BCUT2D eigenvalue weighted by molar-refractivity contribution is 5.75. The maximum Gasteiger partial charge on any atom is 0 e. The number of nitroso groups, excluding NO2 is 1. The minimum absolute atomic E-state index is 0. The van der Waals surface area contributed by atoms with Crippen LogP contribution in [0.5, 0.6) is 0 Å². The van der Waals surface area contributed by atoms with Crippen molar-refractivity contribution >= 4 is 8.41 Å². The summed E-state index contributed by atoms with van der Waals surface area (Å²) in [6.45, 7) is 0. The molecule has 0 spiro atoms. The van der Waals surface area contributed by atoms with Gasteiger partial charge in [0.2, 0.25) is 0 Å². The second-order valence-corrected chi connectivity index (χ2v) is 0. The fourth-order valence-corrected chi connectivity index (χ4v) is 0. The van der Waals surface area contributed by atoms with Crippen LogP contribution in [-0.4, -0.2) is 8.41 Å². The molecule has 0 aromatic carbocycles. The van der Waals surface area contributed by atoms with Gasteiger partial charge in [0.25, 0.3) is 0 Å². The largest absolute Gasteiger partial charge is 0.154 e. The first-order chi connectivity index (χ1) is 1.00. The van der Waals surface area contributed by atoms with Crippen molar-refractivity contribution < 1.29 is 0 Å². The fourth-order valence-electron chi connectivity index (χ4n) is 0. The molecule has 3 radical (unpaired) electrons. The monoisotopic (exact) mass is 58.0 g/mol. The summed E-state index contributed by atoms with van der Waals surface area (Å²) < 4.78 is 0. The summed E-state index contributed by atoms with van der Waals surface area (Å²) in [4.78, 5) is 7.50. The van der Waals surface area contributed by atoms with E-state index in [0.29, 0.717) is 0 Å². The zero-order chi connectivity index (χ0) is 2.00. The van der Waals surface area contributed by atoms with E-state index in [1.165, 1.54) is 0 Å². The number of rotatable bonds is 0. The third-order valence-corrected chi connectivity index (χ3v) is 0. The summed E-state index contributed by atoms with van der Waals surface area (Å²) >= 11 is 0. The van der Waals surface area contributed by atoms with Crippen LogP contribution in [0.25, 0.3) is 0 Å². The third kappa shape index (κ3) is 6.56. The van der Waals surface area contributed by atoms with Crippen molar-refractivity contribution in [3.8, 4) is 0 Å². The molecule has 0 amide bonds. The first-order valence-electron chi connectivity index (χ1n) is 0.204. The van der Waals surface area contributed by atoms with Gasteiger partial charge in [-0.15, -0.1) is 0 Å². The molecular formula is CH5BNO. The van der Waals surface area contributed by atoms with Gasteiger partial charge in [-0.1, -0.05) is 13.0 Å². The predicted molar refractivity (Wildman–Crippen MR) is 18.6 cm³/mol. The molecular weight excluding hydrogens is 52.8 g/mol. The lowest BCUT2D eigenvalue weighted by Gasteiger charge is -0.827. The molecule has 0 aromatic heterocycles. The lowest BCUT2D eigenvalue weighted by molar-refractivity contribution is 1.49. The van der Waals surface area contributed by atoms with E-state index < -0.39 is 0 Å². The van der Waals surface area contributed by atoms with Crippen LogP contribution in [0.4, 0.5) is 0 Å². The highest BCUT2D eigenvalue weighted by Crippen LogP contribution is 0.766. The van der Waals surface area contributed by atoms with Crippen LogP contribution in [0.1, 0.15) is 7.43 Å². The summed E-state index contributed by atoms with van der Waals surface area (Å²) in [7, 11) is 0. The van der Waals surface area contributed by atoms with Crippen LogP contribution in [0.2, 0.25) is 0 Å². The zero-order valence-electron chi connectivity index (χ0n) is 1.49. The molecule has 0 saturated carbocycles. The molecule has 23 valence electrons. The second-order valence-electron chi connectivity index (χ2n) is 0. The van der Waals surface area contributed by atoms with Crippen LogP contribution in [0.15, 0.2) is 0 Å². The SMILES string of the molecule is C.N=O.[B]. The maximum absolute atomic E-state index is 7.50. The van der Waals surface area contributed by atoms with E-state index in [4.69, 9.17) is 4.91 Å². The topological polar surface area (TPSA) is 40.9 Å². The quantitative estimate of drug-likeness (QED) is 0.321. The maximum atomic E-state index is 7.50. The molecule has 0 aromatic rings. The predicted octanol–water partition coefficient (Wildman–Crippen LogP) is 0.587. The smallest absolute Gasteiger partial charge is 0 e. The zero-order valence-corrected chi connectivity index (χ0v) is 1.49. The summed E-state index contributed by atoms with van der Waals surface area (Å²) in [6, 6.07) is 0. The Balaban J connectivity index is -0.00000000500. The van der Waals surface area contributed by atoms with Crippen LogP contribution >= 0.6 is 0 Å². The molecule has 4 heavy (non-hydrogen) atoms. The first-order valence-corrected chi connectivity index (χ1v) is 0.204. The van der Waals surface area contributed by atoms with E-state index in [1.807, 2.05) is 0 Å². The number of hydrogen-bond donors (Lipinski definition) is 1. The Kier molecular flexibility index (Phi) is 968. The molecule has 1 N–H and O–H groups in total. The van der Waals surface area contributed by atoms with Crippen molar-refractivity contribution in [3.05, 3.63) is 4.91 Å². The summed E-state index contributed by atoms with van der Waals surface area (Å²) in [5.74, 6) is 0. The Morgan fingerprint density at radius 3 is 1.25 bits per heavy atom. The van der Waals surface area contributed by atoms with Crippen molar-refractivity contribution in [2.75, 3.05) is 0 Å². The van der Waals surface area contributed by atoms with Crippen molar-refractivity contribution in [1.29, 1.82) is 5.59 Å². The highest BCUT2D eigenvalue weighted by atomic mass is 16.2. The Morgan fingerprint density at radius 1 is 1.25 bits per heavy atom. The van der Waals surface area contributed by atoms with E-state index in [2.05, 4.69) is 5.59 Å². The van der Waals surface area contributed by atoms with Gasteiger partial charge in [-0.05, 0) is 0 Å². The van der Waals surface area contributed by atoms with E-state index in [-0.39, 0.29) is 15.8 Å². The van der Waals surface area contributed by atoms with Crippen LogP contribution in [0.3, 0.4) is 0 Å². The molecule has 0 aliphatic heterocycles. The minimum Gasteiger partial charge on any atom is -0.154 e. The van der Waals surface area contributed by atoms with Crippen LogP contribution < -0.4 is 0 Å². The summed E-state index contributed by atoms with van der Waals surface area (Å²) in [5.41, 5.74) is 4.50. The molecule has 0 atom stereocenters. The molecule has 0 aliphatic carbocycles. The molecule has 0 rings (SSSR count). The van der Waals surface area contributed by atoms with E-state index in [9.17, 15) is 0 Å². The molecule has 0 fully saturated rings. The van der Waals surface area contributed by atoms with Gasteiger partial charge in [-0.2, -0.15) is 4.91 Å². The van der Waals surface area contributed by atoms with Crippen molar-refractivity contribution in [3.63, 3.8) is 0 Å². The van der Waals surface area contributed by atoms with E-state index in [1.54, 1.807) is 0 Å². The average Bonchev–Trinajstić information content (AvgIpc) is 1.00. The Labute approximate surface area is 27.6 Å². The van der Waals surface area contributed by atoms with Crippen molar-refractivity contribution in [2.45, 2.75) is 7.43 Å². The summed E-state index contributed by atoms with van der Waals surface area (Å²) in [5, 5.41) is 0. The van der Waals surface area contributed by atoms with E-state index >= 15 is 0 Å². The molecule has 2 nitrogen and oxygen atoms in total. The number of nitrogens with one attached hydrogen (secondary N) is 1. The second kappa shape index (κ2) is 65.8. The Bertz CT molecular complexity index is 8.00. The fraction of sp³-hybridized carbons (Fsp3) is 1.00. The van der Waals surface area contributed by atoms with Gasteiger partial charge in [0.1, 0.15) is 0 Å². The van der Waals surface area contributed by atoms with E-state index in [0.717, 1.165) is 0 Å². The lowest BCUT2D eigenvalue weighted by Crippen LogP contribution is -0.649. The molecule has 0 bridgehead atoms. The Morgan fingerprint density at radius 2 is 1.25 bits per heavy atom. The molecule has 3 heteroatoms. The minimum atomic E-state index is 0. The first kappa shape index (κ1) is 58.9. The van der Waals surface area contributed by atoms with Gasteiger partial charge in [0.05, 0.1) is 0 Å². The Hall–Kier alpha value is -0.335. The van der Waals surface area contributed by atoms with Crippen LogP contribution in [0, 0.1) is 10.5 Å². The summed E-state index contributed by atoms with van der Waals surface area (Å²) in [6.07, 6.45) is 0. The van der Waals surface area contributed by atoms with Crippen molar-refractivity contribution in [2.24, 2.45) is 0 Å². The van der Waals surface area contributed by atoms with Gasteiger partial charge >= 0.3 is 0 Å². The third-order valence-electron chi connectivity index (χ3n) is 0. The number of hydrogen-bond acceptors (Lipinski definition) is 2. The van der Waals surface area contributed by atoms with Gasteiger partial charge < -0.3 is 0 Å². The molecule has 0 saturated heterocycles. The average molecular weight is 57.9 g/mol. The normalized spacial score (nSPS) is 1.00. The standard InChI is InChI=1S/CH4.B.HNO/c;;1-2/h1H4;;1H. The molecule has 0 aliphatic rings. The van der Waals surface area contributed by atoms with Gasteiger partial charge in [0.15, 0.2) is 0 Å². The molecule has 0 heterocycles. The highest BCUT2D eigenvalue weighted by Gasteiger charge is 0.588. The van der Waals surface area contributed by atoms with Gasteiger partial charge in [-0.3, -0.25) is 0 Å². The van der Waals surface area contributed by atoms with Gasteiger partial charge in [0, 0.05) is 8.41 Å².